The number of carboxylic acids is 4. The normalized spacial score (nSPS) is 12.8. The molecular formula is C69H59Cl8N9O10. The second-order valence-electron chi connectivity index (χ2n) is 21.5. The molecule has 10 aromatic rings. The molecule has 2 saturated heterocycles. The Labute approximate surface area is 591 Å². The van der Waals surface area contributed by atoms with Crippen LogP contribution in [0.3, 0.4) is 0 Å². The van der Waals surface area contributed by atoms with Gasteiger partial charge in [0.2, 0.25) is 0 Å². The van der Waals surface area contributed by atoms with Gasteiger partial charge in [0.1, 0.15) is 5.76 Å². The predicted octanol–water partition coefficient (Wildman–Crippen LogP) is 19.7. The molecule has 0 radical (unpaired) electrons. The molecule has 10 N–H and O–H groups in total. The summed E-state index contributed by atoms with van der Waals surface area (Å²) < 4.78 is 10.5. The van der Waals surface area contributed by atoms with Gasteiger partial charge in [-0.3, -0.25) is 5.10 Å². The van der Waals surface area contributed by atoms with Crippen molar-refractivity contribution in [1.82, 2.24) is 20.7 Å². The number of para-hydroxylation sites is 4. The third-order valence-electron chi connectivity index (χ3n) is 15.2. The fourth-order valence-corrected chi connectivity index (χ4v) is 12.8. The molecule has 0 saturated carbocycles. The van der Waals surface area contributed by atoms with Gasteiger partial charge in [0.05, 0.1) is 133 Å². The Kier molecular flexibility index (Phi) is 24.8. The van der Waals surface area contributed by atoms with Crippen LogP contribution in [0.25, 0.3) is 22.3 Å². The number of anilines is 9. The van der Waals surface area contributed by atoms with Gasteiger partial charge in [-0.15, -0.1) is 0 Å². The average Bonchev–Trinajstić information content (AvgIpc) is 1.50. The average molecular weight is 1460 g/mol. The number of piperidine rings is 1. The first-order valence-electron chi connectivity index (χ1n) is 29.4. The van der Waals surface area contributed by atoms with Crippen LogP contribution in [0.2, 0.25) is 40.2 Å². The SMILES string of the molecule is Cc1noc(C)c1-c1cc(Cl)c(Nc2ccccc2C(=O)O)c(Cl)c1.O=C(O)c1ccccc1Nc1c(Cl)cc(-c2cn[nH]c2)cc1Cl.O=C(O)c1ccccc1Nc1c(Cl)cc(C2CCNCC2)cc1Cl.O=C(O)c1ccccc1Nc1c(Cl)cc(N2CCOCC2)cc1Cl. The van der Waals surface area contributed by atoms with Crippen LogP contribution in [-0.4, -0.2) is 99.1 Å². The second-order valence-corrected chi connectivity index (χ2v) is 24.7. The van der Waals surface area contributed by atoms with Crippen molar-refractivity contribution < 1.29 is 48.9 Å². The minimum atomic E-state index is -1.04. The van der Waals surface area contributed by atoms with Gasteiger partial charge in [0, 0.05) is 36.1 Å². The molecule has 0 aliphatic carbocycles. The molecule has 496 valence electrons. The molecule has 2 aliphatic heterocycles. The standard InChI is InChI=1S/C18H14Cl2N2O3.C18H18Cl2N2O2.C17H16Cl2N2O3.C16H11Cl2N3O2/c1-9-16(10(2)25-22-9)11-7-13(19)17(14(20)8-11)21-15-6-4-3-5-12(15)18(23)24;19-14-9-12(11-5-7-21-8-6-11)10-15(20)17(14)22-16-4-2-1-3-13(16)18(23)24;18-13-9-11(21-5-7-24-8-6-21)10-14(19)16(13)20-15-4-2-1-3-12(15)17(22)23;17-12-5-9(10-7-19-20-8-10)6-13(18)15(12)21-14-4-2-1-3-11(14)16(22)23/h3-8,21H,1-2H3,(H,23,24);1-4,9-11,21-22H,5-8H2,(H,23,24);1-4,9-10,20H,5-8H2,(H,22,23);1-8,21H,(H,19,20)(H,22,23). The Hall–Kier alpha value is -8.70. The largest absolute Gasteiger partial charge is 0.478 e. The number of carboxylic acid groups (broad SMARTS) is 4. The summed E-state index contributed by atoms with van der Waals surface area (Å²) in [4.78, 5) is 47.4. The van der Waals surface area contributed by atoms with Crippen LogP contribution >= 0.6 is 92.8 Å². The minimum absolute atomic E-state index is 0.129. The van der Waals surface area contributed by atoms with Gasteiger partial charge in [-0.2, -0.15) is 5.10 Å². The molecule has 19 nitrogen and oxygen atoms in total. The molecule has 0 bridgehead atoms. The lowest BCUT2D eigenvalue weighted by Crippen LogP contribution is -2.36. The minimum Gasteiger partial charge on any atom is -0.478 e. The quantitative estimate of drug-likeness (QED) is 0.0430. The highest BCUT2D eigenvalue weighted by Gasteiger charge is 2.23. The zero-order valence-corrected chi connectivity index (χ0v) is 56.9. The zero-order chi connectivity index (χ0) is 68.7. The molecule has 2 aromatic heterocycles. The molecule has 2 fully saturated rings. The van der Waals surface area contributed by atoms with E-state index in [0.717, 1.165) is 78.2 Å². The van der Waals surface area contributed by atoms with Crippen LogP contribution in [0.4, 0.5) is 51.2 Å². The van der Waals surface area contributed by atoms with E-state index in [1.54, 1.807) is 109 Å². The lowest BCUT2D eigenvalue weighted by Gasteiger charge is -2.29. The summed E-state index contributed by atoms with van der Waals surface area (Å²) in [5, 5.41) is 66.4. The Balaban J connectivity index is 0.000000150. The number of nitrogens with zero attached hydrogens (tertiary/aromatic N) is 3. The van der Waals surface area contributed by atoms with Crippen molar-refractivity contribution in [3.05, 3.63) is 237 Å². The van der Waals surface area contributed by atoms with E-state index in [1.165, 1.54) is 24.3 Å². The first kappa shape index (κ1) is 71.6. The molecule has 0 spiro atoms. The summed E-state index contributed by atoms with van der Waals surface area (Å²) in [6.07, 6.45) is 5.51. The smallest absolute Gasteiger partial charge is 0.337 e. The molecule has 8 aromatic carbocycles. The van der Waals surface area contributed by atoms with E-state index in [1.807, 2.05) is 38.1 Å². The summed E-state index contributed by atoms with van der Waals surface area (Å²) >= 11 is 51.0. The third kappa shape index (κ3) is 18.0. The Bertz CT molecular complexity index is 4230. The Morgan fingerprint density at radius 3 is 1.19 bits per heavy atom. The number of hydrogen-bond donors (Lipinski definition) is 10. The topological polar surface area (TPSA) is 277 Å². The highest BCUT2D eigenvalue weighted by molar-refractivity contribution is 6.42. The summed E-state index contributed by atoms with van der Waals surface area (Å²) in [6, 6.07) is 40.8. The molecule has 0 unspecified atom stereocenters. The van der Waals surface area contributed by atoms with Crippen molar-refractivity contribution in [2.24, 2.45) is 0 Å². The van der Waals surface area contributed by atoms with Gasteiger partial charge in [-0.25, -0.2) is 19.2 Å². The molecule has 0 amide bonds. The van der Waals surface area contributed by atoms with Gasteiger partial charge in [0.15, 0.2) is 0 Å². The summed E-state index contributed by atoms with van der Waals surface area (Å²) in [7, 11) is 0. The number of aromatic carboxylic acids is 4. The zero-order valence-electron chi connectivity index (χ0n) is 50.8. The number of nitrogens with one attached hydrogen (secondary N) is 6. The van der Waals surface area contributed by atoms with E-state index < -0.39 is 23.9 Å². The summed E-state index contributed by atoms with van der Waals surface area (Å²) in [6.45, 7) is 8.53. The number of carbonyl (C=O) groups is 4. The van der Waals surface area contributed by atoms with Crippen LogP contribution in [-0.2, 0) is 4.74 Å². The van der Waals surface area contributed by atoms with Crippen molar-refractivity contribution in [2.75, 3.05) is 65.6 Å². The van der Waals surface area contributed by atoms with E-state index >= 15 is 0 Å². The summed E-state index contributed by atoms with van der Waals surface area (Å²) in [5.41, 5.74) is 10.3. The number of ether oxygens (including phenoxy) is 1. The van der Waals surface area contributed by atoms with E-state index in [2.05, 4.69) is 46.8 Å². The lowest BCUT2D eigenvalue weighted by molar-refractivity contribution is 0.0687. The van der Waals surface area contributed by atoms with Gasteiger partial charge >= 0.3 is 23.9 Å². The number of aromatic amines is 1. The maximum Gasteiger partial charge on any atom is 0.337 e. The highest BCUT2D eigenvalue weighted by atomic mass is 35.5. The maximum absolute atomic E-state index is 11.3. The van der Waals surface area contributed by atoms with Crippen LogP contribution in [0.5, 0.6) is 0 Å². The second kappa shape index (κ2) is 33.3. The number of halogens is 8. The van der Waals surface area contributed by atoms with Crippen LogP contribution < -0.4 is 31.5 Å². The van der Waals surface area contributed by atoms with E-state index in [9.17, 15) is 39.6 Å². The molecule has 0 atom stereocenters. The molecule has 4 heterocycles. The number of aryl methyl sites for hydroxylation is 2. The van der Waals surface area contributed by atoms with Crippen molar-refractivity contribution in [2.45, 2.75) is 32.6 Å². The van der Waals surface area contributed by atoms with Gasteiger partial charge in [-0.05, 0) is 159 Å². The van der Waals surface area contributed by atoms with Gasteiger partial charge < -0.3 is 61.2 Å². The number of aromatic nitrogens is 3. The van der Waals surface area contributed by atoms with Gasteiger partial charge in [0.25, 0.3) is 0 Å². The van der Waals surface area contributed by atoms with Crippen molar-refractivity contribution in [3.63, 3.8) is 0 Å². The molecule has 12 rings (SSSR count). The first-order chi connectivity index (χ1) is 46.1. The number of morpholine rings is 1. The first-order valence-corrected chi connectivity index (χ1v) is 32.4. The van der Waals surface area contributed by atoms with Crippen LogP contribution in [0.1, 0.15) is 77.2 Å². The van der Waals surface area contributed by atoms with Crippen molar-refractivity contribution in [1.29, 1.82) is 0 Å². The van der Waals surface area contributed by atoms with E-state index in [0.29, 0.717) is 111 Å². The number of H-pyrrole nitrogens is 1. The number of benzene rings is 8. The maximum atomic E-state index is 11.3. The van der Waals surface area contributed by atoms with E-state index in [-0.39, 0.29) is 22.3 Å². The van der Waals surface area contributed by atoms with E-state index in [4.69, 9.17) is 102 Å². The van der Waals surface area contributed by atoms with Crippen LogP contribution in [0.15, 0.2) is 163 Å². The monoisotopic (exact) mass is 1450 g/mol. The van der Waals surface area contributed by atoms with Gasteiger partial charge in [-0.1, -0.05) is 146 Å². The van der Waals surface area contributed by atoms with Crippen molar-refractivity contribution in [3.8, 4) is 22.3 Å². The molecule has 27 heteroatoms. The fourth-order valence-electron chi connectivity index (χ4n) is 10.4. The third-order valence-corrected chi connectivity index (χ3v) is 17.6. The Morgan fingerprint density at radius 1 is 0.490 bits per heavy atom. The fraction of sp³-hybridized carbons (Fsp3) is 0.159. The highest BCUT2D eigenvalue weighted by Crippen LogP contribution is 2.43. The number of rotatable bonds is 16. The Morgan fingerprint density at radius 2 is 0.844 bits per heavy atom. The summed E-state index contributed by atoms with van der Waals surface area (Å²) in [5.74, 6) is -2.98. The molecule has 96 heavy (non-hydrogen) atoms. The molecular weight excluding hydrogens is 1400 g/mol. The predicted molar refractivity (Wildman–Crippen MR) is 383 cm³/mol. The number of hydrogen-bond acceptors (Lipinski definition) is 14. The van der Waals surface area contributed by atoms with Crippen molar-refractivity contribution >= 4 is 168 Å². The molecule has 2 aliphatic rings. The lowest BCUT2D eigenvalue weighted by atomic mass is 9.90. The van der Waals surface area contributed by atoms with Crippen LogP contribution in [0, 0.1) is 13.8 Å².